The summed E-state index contributed by atoms with van der Waals surface area (Å²) in [7, 11) is 0. The molecule has 18 heavy (non-hydrogen) atoms. The van der Waals surface area contributed by atoms with Crippen molar-refractivity contribution in [3.8, 4) is 0 Å². The Morgan fingerprint density at radius 1 is 1.22 bits per heavy atom. The third-order valence-corrected chi connectivity index (χ3v) is 3.88. The number of fused-ring (bicyclic) bond motifs is 1. The monoisotopic (exact) mass is 370 g/mol. The summed E-state index contributed by atoms with van der Waals surface area (Å²) in [4.78, 5) is 4.95. The first kappa shape index (κ1) is 13.8. The van der Waals surface area contributed by atoms with Crippen molar-refractivity contribution in [1.29, 1.82) is 0 Å². The zero-order chi connectivity index (χ0) is 13.1. The van der Waals surface area contributed by atoms with Crippen molar-refractivity contribution < 1.29 is 0 Å². The van der Waals surface area contributed by atoms with Crippen molar-refractivity contribution >= 4 is 48.5 Å². The van der Waals surface area contributed by atoms with Gasteiger partial charge >= 0.3 is 0 Å². The second-order valence-corrected chi connectivity index (χ2v) is 6.97. The molecular weight excluding hydrogens is 356 g/mol. The molecule has 0 bridgehead atoms. The Labute approximate surface area is 124 Å². The van der Waals surface area contributed by atoms with Crippen molar-refractivity contribution in [2.75, 3.05) is 5.32 Å². The molecule has 0 aliphatic carbocycles. The van der Waals surface area contributed by atoms with E-state index in [1.807, 2.05) is 18.3 Å². The topological polar surface area (TPSA) is 24.9 Å². The van der Waals surface area contributed by atoms with Gasteiger partial charge in [0.15, 0.2) is 0 Å². The minimum Gasteiger partial charge on any atom is -0.367 e. The van der Waals surface area contributed by atoms with Crippen LogP contribution in [-0.4, -0.2) is 15.9 Å². The van der Waals surface area contributed by atoms with Gasteiger partial charge in [0.2, 0.25) is 0 Å². The number of alkyl halides is 1. The Balaban J connectivity index is 2.31. The SMILES string of the molecule is CC(Br)CC(C)Nc1nccc2c(Br)cccc12. The van der Waals surface area contributed by atoms with E-state index in [4.69, 9.17) is 0 Å². The average molecular weight is 372 g/mol. The van der Waals surface area contributed by atoms with Crippen LogP contribution in [0.1, 0.15) is 20.3 Å². The summed E-state index contributed by atoms with van der Waals surface area (Å²) in [5, 5.41) is 5.82. The molecule has 0 aliphatic heterocycles. The number of pyridine rings is 1. The Morgan fingerprint density at radius 2 is 2.00 bits per heavy atom. The summed E-state index contributed by atoms with van der Waals surface area (Å²) >= 11 is 7.16. The second kappa shape index (κ2) is 6.02. The molecule has 0 amide bonds. The minimum absolute atomic E-state index is 0.386. The van der Waals surface area contributed by atoms with Gasteiger partial charge in [-0.2, -0.15) is 0 Å². The third-order valence-electron chi connectivity index (χ3n) is 2.81. The molecular formula is C14H16Br2N2. The van der Waals surface area contributed by atoms with Gasteiger partial charge in [0.25, 0.3) is 0 Å². The fourth-order valence-corrected chi connectivity index (χ4v) is 3.12. The van der Waals surface area contributed by atoms with Crippen LogP contribution < -0.4 is 5.32 Å². The third kappa shape index (κ3) is 3.23. The summed E-state index contributed by atoms with van der Waals surface area (Å²) < 4.78 is 1.10. The number of nitrogens with one attached hydrogen (secondary N) is 1. The normalized spacial score (nSPS) is 14.4. The summed E-state index contributed by atoms with van der Waals surface area (Å²) in [5.41, 5.74) is 0. The van der Waals surface area contributed by atoms with E-state index in [2.05, 4.69) is 68.1 Å². The molecule has 2 rings (SSSR count). The summed E-state index contributed by atoms with van der Waals surface area (Å²) in [5.74, 6) is 0.953. The van der Waals surface area contributed by atoms with Crippen LogP contribution in [0.5, 0.6) is 0 Å². The maximum absolute atomic E-state index is 4.45. The molecule has 2 unspecified atom stereocenters. The van der Waals surface area contributed by atoms with Crippen LogP contribution in [0.25, 0.3) is 10.8 Å². The molecule has 1 N–H and O–H groups in total. The lowest BCUT2D eigenvalue weighted by atomic mass is 10.1. The van der Waals surface area contributed by atoms with E-state index in [0.29, 0.717) is 10.9 Å². The largest absolute Gasteiger partial charge is 0.367 e. The molecule has 0 aliphatic rings. The first-order chi connectivity index (χ1) is 8.58. The number of aromatic nitrogens is 1. The number of halogens is 2. The standard InChI is InChI=1S/C14H16Br2N2/c1-9(15)8-10(2)18-14-12-4-3-5-13(16)11(12)6-7-17-14/h3-7,9-10H,8H2,1-2H3,(H,17,18). The van der Waals surface area contributed by atoms with Crippen molar-refractivity contribution in [2.45, 2.75) is 31.1 Å². The molecule has 1 aromatic heterocycles. The molecule has 96 valence electrons. The molecule has 0 spiro atoms. The van der Waals surface area contributed by atoms with Gasteiger partial charge in [-0.1, -0.05) is 50.9 Å². The Morgan fingerprint density at radius 3 is 2.72 bits per heavy atom. The number of hydrogen-bond acceptors (Lipinski definition) is 2. The van der Waals surface area contributed by atoms with E-state index in [1.165, 1.54) is 5.39 Å². The zero-order valence-electron chi connectivity index (χ0n) is 10.5. The molecule has 0 radical (unpaired) electrons. The van der Waals surface area contributed by atoms with Gasteiger partial charge in [-0.15, -0.1) is 0 Å². The van der Waals surface area contributed by atoms with Gasteiger partial charge in [-0.25, -0.2) is 4.98 Å². The van der Waals surface area contributed by atoms with Gasteiger partial charge in [0.05, 0.1) is 0 Å². The Hall–Kier alpha value is -0.610. The zero-order valence-corrected chi connectivity index (χ0v) is 13.6. The summed E-state index contributed by atoms with van der Waals surface area (Å²) in [6, 6.07) is 8.60. The van der Waals surface area contributed by atoms with Crippen LogP contribution >= 0.6 is 31.9 Å². The van der Waals surface area contributed by atoms with Crippen LogP contribution in [0, 0.1) is 0 Å². The lowest BCUT2D eigenvalue weighted by molar-refractivity contribution is 0.706. The van der Waals surface area contributed by atoms with Crippen molar-refractivity contribution in [1.82, 2.24) is 4.98 Å². The van der Waals surface area contributed by atoms with Crippen molar-refractivity contribution in [2.24, 2.45) is 0 Å². The number of rotatable bonds is 4. The molecule has 1 heterocycles. The van der Waals surface area contributed by atoms with Crippen LogP contribution in [0.4, 0.5) is 5.82 Å². The van der Waals surface area contributed by atoms with E-state index in [1.54, 1.807) is 0 Å². The van der Waals surface area contributed by atoms with Crippen LogP contribution in [0.15, 0.2) is 34.9 Å². The maximum atomic E-state index is 4.45. The van der Waals surface area contributed by atoms with Gasteiger partial charge in [-0.05, 0) is 25.5 Å². The number of hydrogen-bond donors (Lipinski definition) is 1. The van der Waals surface area contributed by atoms with E-state index in [-0.39, 0.29) is 0 Å². The number of benzene rings is 1. The van der Waals surface area contributed by atoms with Crippen LogP contribution in [-0.2, 0) is 0 Å². The van der Waals surface area contributed by atoms with E-state index >= 15 is 0 Å². The molecule has 4 heteroatoms. The van der Waals surface area contributed by atoms with Gasteiger partial charge in [0.1, 0.15) is 5.82 Å². The highest BCUT2D eigenvalue weighted by Gasteiger charge is 2.09. The highest BCUT2D eigenvalue weighted by Crippen LogP contribution is 2.28. The van der Waals surface area contributed by atoms with Crippen molar-refractivity contribution in [3.05, 3.63) is 34.9 Å². The smallest absolute Gasteiger partial charge is 0.134 e. The Kier molecular flexibility index (Phi) is 4.62. The van der Waals surface area contributed by atoms with Gasteiger partial charge in [-0.3, -0.25) is 0 Å². The lowest BCUT2D eigenvalue weighted by Gasteiger charge is -2.17. The number of nitrogens with zero attached hydrogens (tertiary/aromatic N) is 1. The fraction of sp³-hybridized carbons (Fsp3) is 0.357. The molecule has 2 atom stereocenters. The molecule has 2 nitrogen and oxygen atoms in total. The number of anilines is 1. The molecule has 0 saturated carbocycles. The molecule has 2 aromatic rings. The van der Waals surface area contributed by atoms with Gasteiger partial charge < -0.3 is 5.32 Å². The highest BCUT2D eigenvalue weighted by molar-refractivity contribution is 9.10. The first-order valence-corrected chi connectivity index (χ1v) is 7.72. The average Bonchev–Trinajstić information content (AvgIpc) is 2.29. The predicted molar refractivity (Wildman–Crippen MR) is 85.5 cm³/mol. The van der Waals surface area contributed by atoms with E-state index in [0.717, 1.165) is 22.1 Å². The first-order valence-electron chi connectivity index (χ1n) is 6.01. The summed E-state index contributed by atoms with van der Waals surface area (Å²) in [6.07, 6.45) is 2.91. The highest BCUT2D eigenvalue weighted by atomic mass is 79.9. The lowest BCUT2D eigenvalue weighted by Crippen LogP contribution is -2.19. The van der Waals surface area contributed by atoms with Crippen LogP contribution in [0.2, 0.25) is 0 Å². The fourth-order valence-electron chi connectivity index (χ4n) is 2.06. The van der Waals surface area contributed by atoms with E-state index < -0.39 is 0 Å². The van der Waals surface area contributed by atoms with E-state index in [9.17, 15) is 0 Å². The molecule has 1 aromatic carbocycles. The van der Waals surface area contributed by atoms with Crippen molar-refractivity contribution in [3.63, 3.8) is 0 Å². The maximum Gasteiger partial charge on any atom is 0.134 e. The second-order valence-electron chi connectivity index (χ2n) is 4.56. The summed E-state index contributed by atoms with van der Waals surface area (Å²) in [6.45, 7) is 4.33. The molecule has 0 fully saturated rings. The predicted octanol–water partition coefficient (Wildman–Crippen LogP) is 4.97. The Bertz CT molecular complexity index is 540. The minimum atomic E-state index is 0.386. The van der Waals surface area contributed by atoms with Gasteiger partial charge in [0, 0.05) is 32.3 Å². The molecule has 0 saturated heterocycles. The quantitative estimate of drug-likeness (QED) is 0.767. The van der Waals surface area contributed by atoms with Crippen LogP contribution in [0.3, 0.4) is 0 Å².